The highest BCUT2D eigenvalue weighted by molar-refractivity contribution is 5.85. The summed E-state index contributed by atoms with van der Waals surface area (Å²) < 4.78 is 0. The standard InChI is InChI=1S/C4H9N.ClH/c1-3-4-5-2;/h2-4H2,1H3;1H. The molecule has 0 aliphatic carbocycles. The molecule has 0 saturated carbocycles. The van der Waals surface area contributed by atoms with Gasteiger partial charge in [-0.05, 0) is 13.1 Å². The molecule has 0 aliphatic rings. The van der Waals surface area contributed by atoms with Gasteiger partial charge in [0.25, 0.3) is 0 Å². The highest BCUT2D eigenvalue weighted by Gasteiger charge is 1.61. The lowest BCUT2D eigenvalue weighted by molar-refractivity contribution is 0.940. The van der Waals surface area contributed by atoms with Crippen LogP contribution in [0.25, 0.3) is 0 Å². The first-order valence-electron chi connectivity index (χ1n) is 1.84. The lowest BCUT2D eigenvalue weighted by Crippen LogP contribution is -1.67. The molecule has 0 rings (SSSR count). The molecule has 0 N–H and O–H groups in total. The lowest BCUT2D eigenvalue weighted by atomic mass is 10.5. The molecule has 0 spiro atoms. The zero-order valence-corrected chi connectivity index (χ0v) is 4.79. The minimum Gasteiger partial charge on any atom is -0.301 e. The summed E-state index contributed by atoms with van der Waals surface area (Å²) in [4.78, 5) is 3.60. The minimum atomic E-state index is 0. The zero-order valence-electron chi connectivity index (χ0n) is 3.98. The maximum absolute atomic E-state index is 3.60. The van der Waals surface area contributed by atoms with Gasteiger partial charge < -0.3 is 4.99 Å². The Hall–Kier alpha value is -0.0400. The summed E-state index contributed by atoms with van der Waals surface area (Å²) in [5, 5.41) is 0. The van der Waals surface area contributed by atoms with Crippen LogP contribution in [-0.4, -0.2) is 13.3 Å². The van der Waals surface area contributed by atoms with Gasteiger partial charge in [-0.2, -0.15) is 0 Å². The molecule has 0 bridgehead atoms. The number of nitrogens with zero attached hydrogens (tertiary/aromatic N) is 1. The number of rotatable bonds is 2. The van der Waals surface area contributed by atoms with Gasteiger partial charge in [-0.3, -0.25) is 0 Å². The first kappa shape index (κ1) is 9.35. The third-order valence-corrected chi connectivity index (χ3v) is 0.382. The average molecular weight is 108 g/mol. The lowest BCUT2D eigenvalue weighted by Gasteiger charge is -1.74. The largest absolute Gasteiger partial charge is 0.301 e. The van der Waals surface area contributed by atoms with Gasteiger partial charge in [0, 0.05) is 6.54 Å². The molecule has 0 aliphatic heterocycles. The van der Waals surface area contributed by atoms with Crippen molar-refractivity contribution in [3.05, 3.63) is 0 Å². The van der Waals surface area contributed by atoms with Crippen LogP contribution in [0.1, 0.15) is 13.3 Å². The monoisotopic (exact) mass is 107 g/mol. The van der Waals surface area contributed by atoms with E-state index in [0.717, 1.165) is 13.0 Å². The second-order valence-electron chi connectivity index (χ2n) is 0.947. The molecule has 1 nitrogen and oxygen atoms in total. The van der Waals surface area contributed by atoms with E-state index in [1.807, 2.05) is 0 Å². The Morgan fingerprint density at radius 2 is 2.17 bits per heavy atom. The smallest absolute Gasteiger partial charge is 0.0379 e. The Morgan fingerprint density at radius 3 is 2.17 bits per heavy atom. The van der Waals surface area contributed by atoms with Crippen LogP contribution in [0.4, 0.5) is 0 Å². The van der Waals surface area contributed by atoms with Crippen molar-refractivity contribution in [2.45, 2.75) is 13.3 Å². The van der Waals surface area contributed by atoms with Gasteiger partial charge in [0.2, 0.25) is 0 Å². The maximum Gasteiger partial charge on any atom is 0.0379 e. The van der Waals surface area contributed by atoms with E-state index in [9.17, 15) is 0 Å². The van der Waals surface area contributed by atoms with Crippen molar-refractivity contribution < 1.29 is 0 Å². The average Bonchev–Trinajstić information content (AvgIpc) is 1.41. The van der Waals surface area contributed by atoms with Crippen molar-refractivity contribution in [3.63, 3.8) is 0 Å². The quantitative estimate of drug-likeness (QED) is 0.475. The van der Waals surface area contributed by atoms with E-state index in [2.05, 4.69) is 18.6 Å². The summed E-state index contributed by atoms with van der Waals surface area (Å²) in [5.41, 5.74) is 0. The summed E-state index contributed by atoms with van der Waals surface area (Å²) in [6, 6.07) is 0. The number of hydrogen-bond acceptors (Lipinski definition) is 1. The molecular weight excluding hydrogens is 97.5 g/mol. The van der Waals surface area contributed by atoms with Crippen molar-refractivity contribution in [2.75, 3.05) is 6.54 Å². The molecule has 0 fully saturated rings. The molecule has 0 atom stereocenters. The third-order valence-electron chi connectivity index (χ3n) is 0.382. The van der Waals surface area contributed by atoms with E-state index in [1.165, 1.54) is 0 Å². The molecule has 0 aromatic rings. The summed E-state index contributed by atoms with van der Waals surface area (Å²) in [6.07, 6.45) is 1.11. The summed E-state index contributed by atoms with van der Waals surface area (Å²) >= 11 is 0. The van der Waals surface area contributed by atoms with Crippen molar-refractivity contribution in [3.8, 4) is 0 Å². The predicted octanol–water partition coefficient (Wildman–Crippen LogP) is 1.52. The van der Waals surface area contributed by atoms with Gasteiger partial charge in [-0.25, -0.2) is 0 Å². The topological polar surface area (TPSA) is 12.4 Å². The Bertz CT molecular complexity index is 28.7. The molecule has 0 heterocycles. The molecule has 0 radical (unpaired) electrons. The molecule has 2 heteroatoms. The Balaban J connectivity index is 0. The van der Waals surface area contributed by atoms with E-state index in [0.29, 0.717) is 0 Å². The highest BCUT2D eigenvalue weighted by atomic mass is 35.5. The number of halogens is 1. The van der Waals surface area contributed by atoms with Crippen LogP contribution in [-0.2, 0) is 0 Å². The fourth-order valence-corrected chi connectivity index (χ4v) is 0.158. The molecular formula is C4H10ClN. The summed E-state index contributed by atoms with van der Waals surface area (Å²) in [5.74, 6) is 0. The molecule has 0 saturated heterocycles. The summed E-state index contributed by atoms with van der Waals surface area (Å²) in [6.45, 7) is 6.28. The van der Waals surface area contributed by atoms with Crippen LogP contribution < -0.4 is 0 Å². The van der Waals surface area contributed by atoms with Gasteiger partial charge in [0.15, 0.2) is 0 Å². The second-order valence-corrected chi connectivity index (χ2v) is 0.947. The van der Waals surface area contributed by atoms with Crippen LogP contribution >= 0.6 is 12.4 Å². The van der Waals surface area contributed by atoms with Gasteiger partial charge in [0.05, 0.1) is 0 Å². The number of aliphatic imine (C=N–C) groups is 1. The Kier molecular flexibility index (Phi) is 13.8. The second kappa shape index (κ2) is 8.88. The molecule has 38 valence electrons. The third kappa shape index (κ3) is 9.03. The van der Waals surface area contributed by atoms with Crippen molar-refractivity contribution in [1.82, 2.24) is 0 Å². The van der Waals surface area contributed by atoms with Crippen LogP contribution in [0.3, 0.4) is 0 Å². The van der Waals surface area contributed by atoms with E-state index >= 15 is 0 Å². The SMILES string of the molecule is C=NCCC.Cl. The van der Waals surface area contributed by atoms with E-state index < -0.39 is 0 Å². The van der Waals surface area contributed by atoms with Crippen LogP contribution in [0.5, 0.6) is 0 Å². The first-order chi connectivity index (χ1) is 2.41. The molecule has 0 amide bonds. The van der Waals surface area contributed by atoms with Gasteiger partial charge in [-0.15, -0.1) is 12.4 Å². The molecule has 0 aromatic carbocycles. The Labute approximate surface area is 44.9 Å². The van der Waals surface area contributed by atoms with Gasteiger partial charge in [-0.1, -0.05) is 6.92 Å². The van der Waals surface area contributed by atoms with Crippen LogP contribution in [0, 0.1) is 0 Å². The van der Waals surface area contributed by atoms with E-state index in [-0.39, 0.29) is 12.4 Å². The fraction of sp³-hybridized carbons (Fsp3) is 0.750. The molecule has 6 heavy (non-hydrogen) atoms. The summed E-state index contributed by atoms with van der Waals surface area (Å²) in [7, 11) is 0. The zero-order chi connectivity index (χ0) is 4.12. The van der Waals surface area contributed by atoms with E-state index in [4.69, 9.17) is 0 Å². The fourth-order valence-electron chi connectivity index (χ4n) is 0.158. The maximum atomic E-state index is 3.60. The number of hydrogen-bond donors (Lipinski definition) is 0. The van der Waals surface area contributed by atoms with E-state index in [1.54, 1.807) is 0 Å². The first-order valence-corrected chi connectivity index (χ1v) is 1.84. The van der Waals surface area contributed by atoms with Gasteiger partial charge >= 0.3 is 0 Å². The van der Waals surface area contributed by atoms with Crippen LogP contribution in [0.15, 0.2) is 4.99 Å². The minimum absolute atomic E-state index is 0. The highest BCUT2D eigenvalue weighted by Crippen LogP contribution is 1.70. The predicted molar refractivity (Wildman–Crippen MR) is 32.0 cm³/mol. The van der Waals surface area contributed by atoms with Crippen LogP contribution in [0.2, 0.25) is 0 Å². The normalized spacial score (nSPS) is 6.17. The van der Waals surface area contributed by atoms with Crippen molar-refractivity contribution >= 4 is 19.1 Å². The molecule has 0 aromatic heterocycles. The van der Waals surface area contributed by atoms with Crippen molar-refractivity contribution in [2.24, 2.45) is 4.99 Å². The molecule has 0 unspecified atom stereocenters. The van der Waals surface area contributed by atoms with Gasteiger partial charge in [0.1, 0.15) is 0 Å². The Morgan fingerprint density at radius 1 is 1.67 bits per heavy atom. The van der Waals surface area contributed by atoms with Crippen molar-refractivity contribution in [1.29, 1.82) is 0 Å².